The minimum absolute atomic E-state index is 0.350. The van der Waals surface area contributed by atoms with Gasteiger partial charge in [0.15, 0.2) is 0 Å². The molecular formula is C14H24N2O. The van der Waals surface area contributed by atoms with Gasteiger partial charge in [-0.25, -0.2) is 0 Å². The van der Waals surface area contributed by atoms with E-state index >= 15 is 0 Å². The van der Waals surface area contributed by atoms with Gasteiger partial charge < -0.3 is 10.2 Å². The fraction of sp³-hybridized carbons (Fsp3) is 0.929. The molecule has 0 radical (unpaired) electrons. The molecule has 1 N–H and O–H groups in total. The summed E-state index contributed by atoms with van der Waals surface area (Å²) in [4.78, 5) is 14.8. The highest BCUT2D eigenvalue weighted by molar-refractivity contribution is 5.79. The molecule has 3 nitrogen and oxygen atoms in total. The fourth-order valence-corrected chi connectivity index (χ4v) is 3.93. The summed E-state index contributed by atoms with van der Waals surface area (Å²) in [5.74, 6) is 1.56. The Morgan fingerprint density at radius 1 is 1.00 bits per heavy atom. The van der Waals surface area contributed by atoms with Crippen molar-refractivity contribution in [3.05, 3.63) is 0 Å². The van der Waals surface area contributed by atoms with Crippen LogP contribution in [-0.2, 0) is 4.79 Å². The molecule has 2 unspecified atom stereocenters. The molecule has 1 amide bonds. The van der Waals surface area contributed by atoms with Crippen LogP contribution >= 0.6 is 0 Å². The van der Waals surface area contributed by atoms with Gasteiger partial charge in [-0.15, -0.1) is 0 Å². The minimum Gasteiger partial charge on any atom is -0.338 e. The van der Waals surface area contributed by atoms with Crippen LogP contribution in [0.3, 0.4) is 0 Å². The first-order chi connectivity index (χ1) is 8.36. The number of amides is 1. The summed E-state index contributed by atoms with van der Waals surface area (Å²) in [6.07, 6.45) is 8.65. The molecule has 3 aliphatic rings. The maximum absolute atomic E-state index is 12.6. The van der Waals surface area contributed by atoms with Gasteiger partial charge in [-0.2, -0.15) is 0 Å². The van der Waals surface area contributed by atoms with Gasteiger partial charge in [-0.1, -0.05) is 19.3 Å². The summed E-state index contributed by atoms with van der Waals surface area (Å²) in [5, 5.41) is 3.46. The maximum atomic E-state index is 12.6. The SMILES string of the molecule is O=C(C1CCCCC1)N1CCCC2CNCC21. The van der Waals surface area contributed by atoms with Gasteiger partial charge in [0.1, 0.15) is 0 Å². The van der Waals surface area contributed by atoms with E-state index in [0.29, 0.717) is 17.9 Å². The van der Waals surface area contributed by atoms with Crippen molar-refractivity contribution in [3.8, 4) is 0 Å². The maximum Gasteiger partial charge on any atom is 0.225 e. The lowest BCUT2D eigenvalue weighted by molar-refractivity contribution is -0.140. The number of carbonyl (C=O) groups excluding carboxylic acids is 1. The van der Waals surface area contributed by atoms with E-state index in [1.807, 2.05) is 0 Å². The first-order valence-electron chi connectivity index (χ1n) is 7.37. The second-order valence-electron chi connectivity index (χ2n) is 5.99. The second-order valence-corrected chi connectivity index (χ2v) is 5.99. The van der Waals surface area contributed by atoms with Crippen LogP contribution in [0.15, 0.2) is 0 Å². The van der Waals surface area contributed by atoms with Crippen molar-refractivity contribution in [2.45, 2.75) is 51.0 Å². The molecule has 0 aromatic rings. The number of hydrogen-bond acceptors (Lipinski definition) is 2. The van der Waals surface area contributed by atoms with Gasteiger partial charge in [-0.3, -0.25) is 4.79 Å². The quantitative estimate of drug-likeness (QED) is 0.752. The first kappa shape index (κ1) is 11.5. The molecule has 3 rings (SSSR count). The van der Waals surface area contributed by atoms with Crippen LogP contribution in [0.4, 0.5) is 0 Å². The van der Waals surface area contributed by atoms with Crippen LogP contribution < -0.4 is 5.32 Å². The normalized spacial score (nSPS) is 34.7. The van der Waals surface area contributed by atoms with Gasteiger partial charge in [-0.05, 0) is 31.6 Å². The van der Waals surface area contributed by atoms with Gasteiger partial charge in [0.2, 0.25) is 5.91 Å². The number of nitrogens with one attached hydrogen (secondary N) is 1. The van der Waals surface area contributed by atoms with Crippen molar-refractivity contribution in [2.24, 2.45) is 11.8 Å². The lowest BCUT2D eigenvalue weighted by atomic mass is 9.85. The number of fused-ring (bicyclic) bond motifs is 1. The topological polar surface area (TPSA) is 32.3 Å². The summed E-state index contributed by atoms with van der Waals surface area (Å²) < 4.78 is 0. The predicted molar refractivity (Wildman–Crippen MR) is 67.7 cm³/mol. The van der Waals surface area contributed by atoms with Crippen molar-refractivity contribution < 1.29 is 4.79 Å². The van der Waals surface area contributed by atoms with Gasteiger partial charge in [0.25, 0.3) is 0 Å². The molecule has 3 heteroatoms. The summed E-state index contributed by atoms with van der Waals surface area (Å²) in [6, 6.07) is 0.512. The number of hydrogen-bond donors (Lipinski definition) is 1. The van der Waals surface area contributed by atoms with E-state index in [0.717, 1.165) is 38.4 Å². The van der Waals surface area contributed by atoms with E-state index in [4.69, 9.17) is 0 Å². The van der Waals surface area contributed by atoms with E-state index in [1.165, 1.54) is 32.1 Å². The summed E-state index contributed by atoms with van der Waals surface area (Å²) in [6.45, 7) is 3.17. The minimum atomic E-state index is 0.350. The number of nitrogens with zero attached hydrogens (tertiary/aromatic N) is 1. The van der Waals surface area contributed by atoms with Crippen LogP contribution in [0.1, 0.15) is 44.9 Å². The van der Waals surface area contributed by atoms with Crippen LogP contribution in [0.5, 0.6) is 0 Å². The third-order valence-electron chi connectivity index (χ3n) is 4.92. The first-order valence-corrected chi connectivity index (χ1v) is 7.37. The van der Waals surface area contributed by atoms with Crippen LogP contribution in [0.2, 0.25) is 0 Å². The second kappa shape index (κ2) is 4.97. The molecule has 96 valence electrons. The average Bonchev–Trinajstić information content (AvgIpc) is 2.87. The van der Waals surface area contributed by atoms with Gasteiger partial charge >= 0.3 is 0 Å². The molecule has 0 bridgehead atoms. The smallest absolute Gasteiger partial charge is 0.225 e. The van der Waals surface area contributed by atoms with E-state index in [2.05, 4.69) is 10.2 Å². The van der Waals surface area contributed by atoms with Crippen LogP contribution in [0.25, 0.3) is 0 Å². The molecular weight excluding hydrogens is 212 g/mol. The largest absolute Gasteiger partial charge is 0.338 e. The van der Waals surface area contributed by atoms with Crippen molar-refractivity contribution in [1.82, 2.24) is 10.2 Å². The Balaban J connectivity index is 1.67. The lowest BCUT2D eigenvalue weighted by Crippen LogP contribution is -2.50. The Morgan fingerprint density at radius 3 is 2.65 bits per heavy atom. The van der Waals surface area contributed by atoms with Crippen LogP contribution in [0, 0.1) is 11.8 Å². The average molecular weight is 236 g/mol. The summed E-state index contributed by atoms with van der Waals surface area (Å²) >= 11 is 0. The zero-order valence-electron chi connectivity index (χ0n) is 10.7. The van der Waals surface area contributed by atoms with Crippen LogP contribution in [-0.4, -0.2) is 36.5 Å². The zero-order chi connectivity index (χ0) is 11.7. The molecule has 2 aliphatic heterocycles. The standard InChI is InChI=1S/C14H24N2O/c17-14(11-5-2-1-3-6-11)16-8-4-7-12-9-15-10-13(12)16/h11-13,15H,1-10H2. The van der Waals surface area contributed by atoms with Crippen molar-refractivity contribution >= 4 is 5.91 Å². The van der Waals surface area contributed by atoms with E-state index in [1.54, 1.807) is 0 Å². The van der Waals surface area contributed by atoms with Crippen molar-refractivity contribution in [2.75, 3.05) is 19.6 Å². The molecule has 2 atom stereocenters. The molecule has 2 heterocycles. The van der Waals surface area contributed by atoms with E-state index in [9.17, 15) is 4.79 Å². The Hall–Kier alpha value is -0.570. The van der Waals surface area contributed by atoms with E-state index in [-0.39, 0.29) is 0 Å². The Bertz CT molecular complexity index is 286. The molecule has 1 saturated carbocycles. The highest BCUT2D eigenvalue weighted by Crippen LogP contribution is 2.31. The molecule has 17 heavy (non-hydrogen) atoms. The monoisotopic (exact) mass is 236 g/mol. The highest BCUT2D eigenvalue weighted by atomic mass is 16.2. The number of rotatable bonds is 1. The van der Waals surface area contributed by atoms with Gasteiger partial charge in [0.05, 0.1) is 0 Å². The molecule has 3 fully saturated rings. The van der Waals surface area contributed by atoms with E-state index < -0.39 is 0 Å². The molecule has 0 aromatic heterocycles. The summed E-state index contributed by atoms with van der Waals surface area (Å²) in [5.41, 5.74) is 0. The fourth-order valence-electron chi connectivity index (χ4n) is 3.93. The number of likely N-dealkylation sites (tertiary alicyclic amines) is 1. The lowest BCUT2D eigenvalue weighted by Gasteiger charge is -2.39. The Kier molecular flexibility index (Phi) is 3.37. The number of piperidine rings is 1. The zero-order valence-corrected chi connectivity index (χ0v) is 10.7. The molecule has 0 aromatic carbocycles. The third kappa shape index (κ3) is 2.22. The Labute approximate surface area is 104 Å². The third-order valence-corrected chi connectivity index (χ3v) is 4.92. The summed E-state index contributed by atoms with van der Waals surface area (Å²) in [7, 11) is 0. The molecule has 0 spiro atoms. The van der Waals surface area contributed by atoms with Crippen molar-refractivity contribution in [1.29, 1.82) is 0 Å². The van der Waals surface area contributed by atoms with Gasteiger partial charge in [0, 0.05) is 31.6 Å². The Morgan fingerprint density at radius 2 is 1.82 bits per heavy atom. The molecule has 2 saturated heterocycles. The number of carbonyl (C=O) groups is 1. The highest BCUT2D eigenvalue weighted by Gasteiger charge is 2.39. The van der Waals surface area contributed by atoms with Crippen molar-refractivity contribution in [3.63, 3.8) is 0 Å². The molecule has 1 aliphatic carbocycles. The predicted octanol–water partition coefficient (Wildman–Crippen LogP) is 1.78.